The van der Waals surface area contributed by atoms with Crippen LogP contribution < -0.4 is 5.32 Å². The normalized spacial score (nSPS) is 14.8. The first-order chi connectivity index (χ1) is 13.8. The largest absolute Gasteiger partial charge is 0.381 e. The Balaban J connectivity index is 1.60. The number of aromatic nitrogens is 1. The van der Waals surface area contributed by atoms with Gasteiger partial charge >= 0.3 is 0 Å². The fourth-order valence-corrected chi connectivity index (χ4v) is 4.02. The van der Waals surface area contributed by atoms with Crippen molar-refractivity contribution in [3.05, 3.63) is 54.1 Å². The summed E-state index contributed by atoms with van der Waals surface area (Å²) in [7, 11) is 0. The molecule has 0 spiro atoms. The Kier molecular flexibility index (Phi) is 6.30. The van der Waals surface area contributed by atoms with E-state index in [1.54, 1.807) is 0 Å². The molecule has 4 rings (SSSR count). The third-order valence-electron chi connectivity index (χ3n) is 5.43. The molecule has 4 nitrogen and oxygen atoms in total. The molecule has 2 N–H and O–H groups in total. The number of nitrogens with one attached hydrogen (secondary N) is 2. The van der Waals surface area contributed by atoms with Crippen LogP contribution in [0.1, 0.15) is 38.2 Å². The van der Waals surface area contributed by atoms with Crippen LogP contribution >= 0.6 is 0 Å². The number of hydrogen-bond acceptors (Lipinski definition) is 3. The number of ether oxygens (including phenoxy) is 2. The van der Waals surface area contributed by atoms with Gasteiger partial charge in [-0.1, -0.05) is 43.2 Å². The van der Waals surface area contributed by atoms with E-state index in [9.17, 15) is 0 Å². The van der Waals surface area contributed by atoms with Gasteiger partial charge in [0.05, 0.1) is 31.0 Å². The second-order valence-electron chi connectivity index (χ2n) is 7.53. The molecule has 0 unspecified atom stereocenters. The van der Waals surface area contributed by atoms with Gasteiger partial charge in [-0.15, -0.1) is 0 Å². The van der Waals surface area contributed by atoms with E-state index in [1.165, 1.54) is 53.4 Å². The lowest BCUT2D eigenvalue weighted by Gasteiger charge is -2.16. The molecule has 1 aliphatic carbocycles. The molecule has 0 radical (unpaired) electrons. The molecule has 4 heteroatoms. The number of aromatic amines is 1. The maximum Gasteiger partial charge on any atom is 0.0719 e. The summed E-state index contributed by atoms with van der Waals surface area (Å²) in [6.07, 6.45) is 5.15. The molecule has 0 aliphatic heterocycles. The second kappa shape index (κ2) is 9.26. The maximum absolute atomic E-state index is 5.82. The number of benzene rings is 2. The highest BCUT2D eigenvalue weighted by molar-refractivity contribution is 5.95. The molecule has 1 aromatic heterocycles. The van der Waals surface area contributed by atoms with E-state index in [2.05, 4.69) is 58.8 Å². The molecule has 148 valence electrons. The quantitative estimate of drug-likeness (QED) is 0.467. The minimum Gasteiger partial charge on any atom is -0.381 e. The van der Waals surface area contributed by atoms with Gasteiger partial charge in [0.2, 0.25) is 0 Å². The molecule has 2 aromatic carbocycles. The van der Waals surface area contributed by atoms with Crippen LogP contribution in [0.25, 0.3) is 22.2 Å². The van der Waals surface area contributed by atoms with Crippen molar-refractivity contribution in [1.82, 2.24) is 4.98 Å². The van der Waals surface area contributed by atoms with E-state index in [1.807, 2.05) is 6.92 Å². The Hall–Kier alpha value is -2.30. The third kappa shape index (κ3) is 4.57. The first kappa shape index (κ1) is 19.0. The van der Waals surface area contributed by atoms with Gasteiger partial charge in [-0.25, -0.2) is 0 Å². The highest BCUT2D eigenvalue weighted by atomic mass is 16.5. The zero-order chi connectivity index (χ0) is 19.2. The monoisotopic (exact) mass is 378 g/mol. The fourth-order valence-electron chi connectivity index (χ4n) is 4.02. The van der Waals surface area contributed by atoms with Crippen LogP contribution in [0.5, 0.6) is 0 Å². The average molecular weight is 379 g/mol. The third-order valence-corrected chi connectivity index (χ3v) is 5.43. The number of H-pyrrole nitrogens is 1. The second-order valence-corrected chi connectivity index (χ2v) is 7.53. The van der Waals surface area contributed by atoms with Crippen LogP contribution in [-0.4, -0.2) is 30.8 Å². The van der Waals surface area contributed by atoms with Gasteiger partial charge in [-0.2, -0.15) is 0 Å². The Bertz CT molecular complexity index is 882. The summed E-state index contributed by atoms with van der Waals surface area (Å²) in [6, 6.07) is 17.8. The summed E-state index contributed by atoms with van der Waals surface area (Å²) >= 11 is 0. The van der Waals surface area contributed by atoms with Gasteiger partial charge in [0.25, 0.3) is 0 Å². The zero-order valence-electron chi connectivity index (χ0n) is 16.7. The minimum absolute atomic E-state index is 0.570. The lowest BCUT2D eigenvalue weighted by molar-refractivity contribution is 0.0453. The van der Waals surface area contributed by atoms with E-state index >= 15 is 0 Å². The fraction of sp³-hybridized carbons (Fsp3) is 0.417. The highest BCUT2D eigenvalue weighted by Crippen LogP contribution is 2.32. The standard InChI is InChI=1S/C24H30N2O2/c1-2-27-12-13-28-17-18-14-20-16-22(19-8-4-3-5-9-19)26-24(20)23(15-18)25-21-10-6-7-11-21/h3-5,8-9,14-16,21,25-26H,2,6-7,10-13,17H2,1H3. The van der Waals surface area contributed by atoms with Crippen molar-refractivity contribution < 1.29 is 9.47 Å². The van der Waals surface area contributed by atoms with Crippen molar-refractivity contribution in [3.8, 4) is 11.3 Å². The van der Waals surface area contributed by atoms with Gasteiger partial charge in [0, 0.05) is 23.7 Å². The Morgan fingerprint density at radius 3 is 2.57 bits per heavy atom. The van der Waals surface area contributed by atoms with Crippen molar-refractivity contribution in [1.29, 1.82) is 0 Å². The van der Waals surface area contributed by atoms with Gasteiger partial charge in [-0.05, 0) is 49.1 Å². The van der Waals surface area contributed by atoms with Crippen molar-refractivity contribution in [2.45, 2.75) is 45.3 Å². The number of rotatable bonds is 9. The summed E-state index contributed by atoms with van der Waals surface area (Å²) in [4.78, 5) is 3.64. The number of fused-ring (bicyclic) bond motifs is 1. The van der Waals surface area contributed by atoms with E-state index in [4.69, 9.17) is 9.47 Å². The maximum atomic E-state index is 5.82. The number of anilines is 1. The van der Waals surface area contributed by atoms with E-state index in [0.29, 0.717) is 25.9 Å². The van der Waals surface area contributed by atoms with Crippen LogP contribution in [0.2, 0.25) is 0 Å². The lowest BCUT2D eigenvalue weighted by Crippen LogP contribution is -2.15. The van der Waals surface area contributed by atoms with Crippen LogP contribution in [0.15, 0.2) is 48.5 Å². The summed E-state index contributed by atoms with van der Waals surface area (Å²) in [5.41, 5.74) is 5.93. The summed E-state index contributed by atoms with van der Waals surface area (Å²) in [5.74, 6) is 0. The minimum atomic E-state index is 0.570. The molecule has 1 aliphatic rings. The summed E-state index contributed by atoms with van der Waals surface area (Å²) in [5, 5.41) is 5.02. The van der Waals surface area contributed by atoms with Crippen molar-refractivity contribution in [3.63, 3.8) is 0 Å². The molecule has 0 atom stereocenters. The van der Waals surface area contributed by atoms with Crippen molar-refractivity contribution in [2.75, 3.05) is 25.1 Å². The Labute approximate surface area is 167 Å². The molecule has 28 heavy (non-hydrogen) atoms. The zero-order valence-corrected chi connectivity index (χ0v) is 16.7. The molecular weight excluding hydrogens is 348 g/mol. The van der Waals surface area contributed by atoms with E-state index < -0.39 is 0 Å². The molecule has 1 fully saturated rings. The molecule has 0 saturated heterocycles. The highest BCUT2D eigenvalue weighted by Gasteiger charge is 2.17. The van der Waals surface area contributed by atoms with Gasteiger partial charge < -0.3 is 19.8 Å². The topological polar surface area (TPSA) is 46.3 Å². The molecule has 0 amide bonds. The smallest absolute Gasteiger partial charge is 0.0719 e. The van der Waals surface area contributed by atoms with E-state index in [-0.39, 0.29) is 0 Å². The van der Waals surface area contributed by atoms with Crippen LogP contribution in [0, 0.1) is 0 Å². The molecule has 0 bridgehead atoms. The summed E-state index contributed by atoms with van der Waals surface area (Å²) < 4.78 is 11.2. The first-order valence-electron chi connectivity index (χ1n) is 10.5. The Morgan fingerprint density at radius 2 is 1.79 bits per heavy atom. The molecular formula is C24H30N2O2. The molecule has 3 aromatic rings. The van der Waals surface area contributed by atoms with Crippen LogP contribution in [0.3, 0.4) is 0 Å². The van der Waals surface area contributed by atoms with Gasteiger partial charge in [-0.3, -0.25) is 0 Å². The van der Waals surface area contributed by atoms with Gasteiger partial charge in [0.15, 0.2) is 0 Å². The lowest BCUT2D eigenvalue weighted by atomic mass is 10.1. The van der Waals surface area contributed by atoms with Crippen LogP contribution in [-0.2, 0) is 16.1 Å². The number of hydrogen-bond donors (Lipinski definition) is 2. The molecule has 1 heterocycles. The first-order valence-corrected chi connectivity index (χ1v) is 10.5. The van der Waals surface area contributed by atoms with Crippen LogP contribution in [0.4, 0.5) is 5.69 Å². The SMILES string of the molecule is CCOCCOCc1cc(NC2CCCC2)c2[nH]c(-c3ccccc3)cc2c1. The predicted octanol–water partition coefficient (Wildman–Crippen LogP) is 5.74. The summed E-state index contributed by atoms with van der Waals surface area (Å²) in [6.45, 7) is 4.61. The Morgan fingerprint density at radius 1 is 1.00 bits per heavy atom. The van der Waals surface area contributed by atoms with Crippen molar-refractivity contribution in [2.24, 2.45) is 0 Å². The molecule has 1 saturated carbocycles. The average Bonchev–Trinajstić information content (AvgIpc) is 3.38. The van der Waals surface area contributed by atoms with Crippen molar-refractivity contribution >= 4 is 16.6 Å². The predicted molar refractivity (Wildman–Crippen MR) is 116 cm³/mol. The van der Waals surface area contributed by atoms with E-state index in [0.717, 1.165) is 12.3 Å². The van der Waals surface area contributed by atoms with Gasteiger partial charge in [0.1, 0.15) is 0 Å².